The minimum Gasteiger partial charge on any atom is -0.459 e. The molecule has 2 aliphatic heterocycles. The molecule has 2 aromatic rings. The molecule has 0 aliphatic carbocycles. The third-order valence-corrected chi connectivity index (χ3v) is 7.25. The van der Waals surface area contributed by atoms with Crippen molar-refractivity contribution in [1.29, 1.82) is 0 Å². The van der Waals surface area contributed by atoms with Gasteiger partial charge in [0, 0.05) is 24.6 Å². The maximum atomic E-state index is 13.0. The fourth-order valence-electron chi connectivity index (χ4n) is 3.79. The van der Waals surface area contributed by atoms with Crippen molar-refractivity contribution in [2.45, 2.75) is 51.2 Å². The summed E-state index contributed by atoms with van der Waals surface area (Å²) in [4.78, 5) is 51.8. The number of carbonyl (C=O) groups is 2. The molecular formula is C23H24BrN2O10P. The highest BCUT2D eigenvalue weighted by Crippen LogP contribution is 2.54. The normalized spacial score (nSPS) is 25.0. The molecule has 1 fully saturated rings. The smallest absolute Gasteiger partial charge is 0.459 e. The van der Waals surface area contributed by atoms with E-state index in [1.54, 1.807) is 24.3 Å². The molecule has 3 heterocycles. The third-order valence-electron chi connectivity index (χ3n) is 5.65. The number of rotatable bonds is 9. The number of ether oxygens (including phenoxy) is 2. The van der Waals surface area contributed by atoms with Gasteiger partial charge in [-0.05, 0) is 24.1 Å². The van der Waals surface area contributed by atoms with Crippen LogP contribution < -0.4 is 15.8 Å². The number of phosphoric ester groups is 1. The van der Waals surface area contributed by atoms with Gasteiger partial charge in [-0.3, -0.25) is 28.2 Å². The Balaban J connectivity index is 1.52. The number of ketones is 1. The molecule has 0 radical (unpaired) electrons. The monoisotopic (exact) mass is 598 g/mol. The number of hydrogen-bond donors (Lipinski definition) is 1. The molecule has 1 unspecified atom stereocenters. The van der Waals surface area contributed by atoms with Crippen LogP contribution in [0.2, 0.25) is 0 Å². The fraction of sp³-hybridized carbons (Fsp3) is 0.391. The summed E-state index contributed by atoms with van der Waals surface area (Å²) in [6.45, 7) is 1.02. The first-order valence-corrected chi connectivity index (χ1v) is 13.7. The molecule has 0 bridgehead atoms. The van der Waals surface area contributed by atoms with E-state index in [1.165, 1.54) is 24.2 Å². The van der Waals surface area contributed by atoms with Crippen molar-refractivity contribution in [3.63, 3.8) is 0 Å². The summed E-state index contributed by atoms with van der Waals surface area (Å²) >= 11 is 3.09. The van der Waals surface area contributed by atoms with Crippen LogP contribution in [0.5, 0.6) is 5.75 Å². The number of esters is 1. The number of carbonyl (C=O) groups excluding carboxylic acids is 2. The van der Waals surface area contributed by atoms with Gasteiger partial charge in [0.1, 0.15) is 30.0 Å². The highest BCUT2D eigenvalue weighted by atomic mass is 79.9. The van der Waals surface area contributed by atoms with Gasteiger partial charge in [-0.2, -0.15) is 0 Å². The SMILES string of the molecule is CC(=O)CCC(=O)O[C@H]1C[C@H](n2cc(/C=C/Br)c(=O)[nH]c2=O)O[C@@H]1COP1(=O)OCc2ccccc2O1. The Labute approximate surface area is 219 Å². The third kappa shape index (κ3) is 6.74. The number of hydrogen-bond acceptors (Lipinski definition) is 10. The average molecular weight is 599 g/mol. The molecular weight excluding hydrogens is 575 g/mol. The van der Waals surface area contributed by atoms with Gasteiger partial charge in [-0.25, -0.2) is 9.36 Å². The Kier molecular flexibility index (Phi) is 8.60. The van der Waals surface area contributed by atoms with Gasteiger partial charge in [0.05, 0.1) is 25.2 Å². The zero-order valence-corrected chi connectivity index (χ0v) is 22.1. The molecule has 2 aliphatic rings. The number of aromatic nitrogens is 2. The van der Waals surface area contributed by atoms with Crippen LogP contribution in [-0.2, 0) is 39.3 Å². The van der Waals surface area contributed by atoms with E-state index >= 15 is 0 Å². The second kappa shape index (κ2) is 11.7. The number of benzene rings is 1. The number of phosphoric acid groups is 1. The zero-order chi connectivity index (χ0) is 26.6. The lowest BCUT2D eigenvalue weighted by atomic mass is 10.1. The van der Waals surface area contributed by atoms with Crippen LogP contribution in [0, 0.1) is 0 Å². The average Bonchev–Trinajstić information content (AvgIpc) is 3.25. The number of nitrogens with zero attached hydrogens (tertiary/aromatic N) is 1. The van der Waals surface area contributed by atoms with Crippen LogP contribution in [-0.4, -0.2) is 40.1 Å². The second-order valence-electron chi connectivity index (χ2n) is 8.35. The first-order chi connectivity index (χ1) is 17.7. The summed E-state index contributed by atoms with van der Waals surface area (Å²) in [7, 11) is -4.00. The van der Waals surface area contributed by atoms with Crippen molar-refractivity contribution in [3.8, 4) is 5.75 Å². The van der Waals surface area contributed by atoms with Gasteiger partial charge >= 0.3 is 19.5 Å². The molecule has 4 atom stereocenters. The molecule has 0 spiro atoms. The molecule has 12 nitrogen and oxygen atoms in total. The van der Waals surface area contributed by atoms with E-state index in [9.17, 15) is 23.7 Å². The first-order valence-electron chi connectivity index (χ1n) is 11.3. The number of H-pyrrole nitrogens is 1. The van der Waals surface area contributed by atoms with Crippen molar-refractivity contribution >= 4 is 41.6 Å². The lowest BCUT2D eigenvalue weighted by Gasteiger charge is -2.26. The van der Waals surface area contributed by atoms with Crippen molar-refractivity contribution in [2.75, 3.05) is 6.61 Å². The Morgan fingerprint density at radius 1 is 1.27 bits per heavy atom. The lowest BCUT2D eigenvalue weighted by molar-refractivity contribution is -0.153. The van der Waals surface area contributed by atoms with Crippen molar-refractivity contribution in [1.82, 2.24) is 9.55 Å². The number of para-hydroxylation sites is 1. The molecule has 1 N–H and O–H groups in total. The van der Waals surface area contributed by atoms with E-state index < -0.39 is 43.5 Å². The van der Waals surface area contributed by atoms with Crippen LogP contribution in [0.15, 0.2) is 45.0 Å². The summed E-state index contributed by atoms with van der Waals surface area (Å²) in [6.07, 6.45) is -0.158. The molecule has 1 aromatic heterocycles. The van der Waals surface area contributed by atoms with E-state index in [2.05, 4.69) is 20.9 Å². The maximum absolute atomic E-state index is 13.0. The van der Waals surface area contributed by atoms with Crippen LogP contribution in [0.4, 0.5) is 0 Å². The summed E-state index contributed by atoms with van der Waals surface area (Å²) in [5, 5.41) is 0. The lowest BCUT2D eigenvalue weighted by Crippen LogP contribution is -2.33. The first kappa shape index (κ1) is 27.2. The molecule has 1 aromatic carbocycles. The van der Waals surface area contributed by atoms with E-state index in [0.717, 1.165) is 4.57 Å². The predicted octanol–water partition coefficient (Wildman–Crippen LogP) is 3.20. The van der Waals surface area contributed by atoms with Crippen LogP contribution in [0.25, 0.3) is 6.08 Å². The van der Waals surface area contributed by atoms with E-state index in [4.69, 9.17) is 23.0 Å². The number of Topliss-reactive ketones (excluding diaryl/α,β-unsaturated/α-hetero) is 1. The summed E-state index contributed by atoms with van der Waals surface area (Å²) in [5.41, 5.74) is -0.431. The molecule has 0 saturated carbocycles. The van der Waals surface area contributed by atoms with Gasteiger partial charge in [0.25, 0.3) is 5.56 Å². The van der Waals surface area contributed by atoms with Crippen molar-refractivity contribution in [3.05, 3.63) is 67.4 Å². The summed E-state index contributed by atoms with van der Waals surface area (Å²) in [6, 6.07) is 6.91. The standard InChI is InChI=1S/C23H24BrN2O10P/c1-14(27)6-7-21(28)35-18-10-20(26-11-15(8-9-24)22(29)25-23(26)30)34-19(18)13-33-37(31)32-12-16-4-2-3-5-17(16)36-37/h2-5,8-9,11,18-20H,6-7,10,12-13H2,1H3,(H,25,29,30)/b9-8+/t18-,19+,20+,37?/m0/s1. The Morgan fingerprint density at radius 2 is 2.05 bits per heavy atom. The second-order valence-corrected chi connectivity index (χ2v) is 10.5. The minimum atomic E-state index is -4.00. The van der Waals surface area contributed by atoms with Crippen LogP contribution in [0.3, 0.4) is 0 Å². The summed E-state index contributed by atoms with van der Waals surface area (Å²) in [5.74, 6) is -0.451. The number of nitrogens with one attached hydrogen (secondary N) is 1. The van der Waals surface area contributed by atoms with E-state index in [1.807, 2.05) is 0 Å². The Morgan fingerprint density at radius 3 is 2.81 bits per heavy atom. The topological polar surface area (TPSA) is 152 Å². The number of fused-ring (bicyclic) bond motifs is 1. The predicted molar refractivity (Wildman–Crippen MR) is 133 cm³/mol. The van der Waals surface area contributed by atoms with Crippen molar-refractivity contribution < 1.29 is 37.2 Å². The molecule has 1 saturated heterocycles. The highest BCUT2D eigenvalue weighted by molar-refractivity contribution is 9.11. The number of aromatic amines is 1. The molecule has 37 heavy (non-hydrogen) atoms. The van der Waals surface area contributed by atoms with Gasteiger partial charge in [-0.15, -0.1) is 0 Å². The van der Waals surface area contributed by atoms with Crippen LogP contribution >= 0.6 is 23.8 Å². The Bertz CT molecular complexity index is 1370. The number of halogens is 1. The minimum absolute atomic E-state index is 0.00885. The molecule has 198 valence electrons. The largest absolute Gasteiger partial charge is 0.530 e. The maximum Gasteiger partial charge on any atom is 0.530 e. The summed E-state index contributed by atoms with van der Waals surface area (Å²) < 4.78 is 41.9. The molecule has 0 amide bonds. The Hall–Kier alpha value is -2.83. The molecule has 4 rings (SSSR count). The zero-order valence-electron chi connectivity index (χ0n) is 19.7. The van der Waals surface area contributed by atoms with E-state index in [0.29, 0.717) is 11.3 Å². The molecule has 14 heteroatoms. The van der Waals surface area contributed by atoms with Gasteiger partial charge in [0.15, 0.2) is 0 Å². The van der Waals surface area contributed by atoms with Crippen molar-refractivity contribution in [2.24, 2.45) is 0 Å². The van der Waals surface area contributed by atoms with Crippen LogP contribution in [0.1, 0.15) is 43.5 Å². The van der Waals surface area contributed by atoms with Gasteiger partial charge < -0.3 is 18.8 Å². The van der Waals surface area contributed by atoms with Gasteiger partial charge in [-0.1, -0.05) is 34.1 Å². The van der Waals surface area contributed by atoms with E-state index in [-0.39, 0.29) is 43.8 Å². The highest BCUT2D eigenvalue weighted by Gasteiger charge is 2.43. The van der Waals surface area contributed by atoms with Gasteiger partial charge in [0.2, 0.25) is 0 Å². The fourth-order valence-corrected chi connectivity index (χ4v) is 5.30. The quantitative estimate of drug-likeness (QED) is 0.336.